The lowest BCUT2D eigenvalue weighted by Crippen LogP contribution is -2.08. The van der Waals surface area contributed by atoms with Gasteiger partial charge < -0.3 is 10.5 Å². The van der Waals surface area contributed by atoms with E-state index in [-0.39, 0.29) is 18.5 Å². The van der Waals surface area contributed by atoms with Crippen molar-refractivity contribution in [1.82, 2.24) is 0 Å². The van der Waals surface area contributed by atoms with Gasteiger partial charge in [0.2, 0.25) is 0 Å². The van der Waals surface area contributed by atoms with Crippen molar-refractivity contribution in [2.75, 3.05) is 0 Å². The first kappa shape index (κ1) is 15.3. The highest BCUT2D eigenvalue weighted by molar-refractivity contribution is 9.10. The quantitative estimate of drug-likeness (QED) is 0.848. The van der Waals surface area contributed by atoms with Gasteiger partial charge in [0, 0.05) is 32.7 Å². The van der Waals surface area contributed by atoms with Crippen LogP contribution in [0.3, 0.4) is 0 Å². The van der Waals surface area contributed by atoms with Crippen molar-refractivity contribution in [2.24, 2.45) is 5.73 Å². The largest absolute Gasteiger partial charge is 0.488 e. The van der Waals surface area contributed by atoms with Crippen molar-refractivity contribution in [2.45, 2.75) is 19.6 Å². The molecule has 0 aromatic heterocycles. The lowest BCUT2D eigenvalue weighted by molar-refractivity contribution is 0.300. The van der Waals surface area contributed by atoms with E-state index in [0.29, 0.717) is 10.8 Å². The topological polar surface area (TPSA) is 35.2 Å². The van der Waals surface area contributed by atoms with Crippen LogP contribution in [0.1, 0.15) is 24.1 Å². The van der Waals surface area contributed by atoms with E-state index < -0.39 is 0 Å². The zero-order chi connectivity index (χ0) is 14.7. The summed E-state index contributed by atoms with van der Waals surface area (Å²) in [6, 6.07) is 9.64. The summed E-state index contributed by atoms with van der Waals surface area (Å²) in [5.74, 6) is 0.0882. The van der Waals surface area contributed by atoms with Crippen LogP contribution >= 0.6 is 27.5 Å². The molecule has 0 aliphatic rings. The smallest absolute Gasteiger partial charge is 0.127 e. The molecule has 20 heavy (non-hydrogen) atoms. The van der Waals surface area contributed by atoms with Gasteiger partial charge in [-0.05, 0) is 25.1 Å². The van der Waals surface area contributed by atoms with Crippen molar-refractivity contribution < 1.29 is 9.13 Å². The number of rotatable bonds is 4. The third-order valence-corrected chi connectivity index (χ3v) is 3.71. The van der Waals surface area contributed by atoms with Gasteiger partial charge in [-0.1, -0.05) is 39.7 Å². The Balaban J connectivity index is 2.20. The summed E-state index contributed by atoms with van der Waals surface area (Å²) in [7, 11) is 0. The average Bonchev–Trinajstić information content (AvgIpc) is 2.37. The Bertz CT molecular complexity index is 619. The van der Waals surface area contributed by atoms with Crippen LogP contribution in [0.15, 0.2) is 40.9 Å². The molecule has 2 rings (SSSR count). The molecule has 0 spiro atoms. The molecule has 0 radical (unpaired) electrons. The highest BCUT2D eigenvalue weighted by atomic mass is 79.9. The van der Waals surface area contributed by atoms with E-state index in [4.69, 9.17) is 22.1 Å². The van der Waals surface area contributed by atoms with E-state index in [1.807, 2.05) is 19.1 Å². The SMILES string of the molecule is C[C@H](N)c1ccc(F)cc1OCc1ccc(Br)cc1Cl. The molecule has 5 heteroatoms. The molecule has 2 N–H and O–H groups in total. The average molecular weight is 359 g/mol. The van der Waals surface area contributed by atoms with Gasteiger partial charge in [-0.15, -0.1) is 0 Å². The summed E-state index contributed by atoms with van der Waals surface area (Å²) in [4.78, 5) is 0. The standard InChI is InChI=1S/C15H14BrClFNO/c1-9(19)13-5-4-12(18)7-15(13)20-8-10-2-3-11(16)6-14(10)17/h2-7,9H,8,19H2,1H3/t9-/m0/s1. The van der Waals surface area contributed by atoms with Crippen LogP contribution in [0.4, 0.5) is 4.39 Å². The first-order valence-electron chi connectivity index (χ1n) is 6.09. The van der Waals surface area contributed by atoms with Crippen LogP contribution in [-0.2, 0) is 6.61 Å². The van der Waals surface area contributed by atoms with Crippen molar-refractivity contribution in [3.05, 3.63) is 62.8 Å². The fourth-order valence-electron chi connectivity index (χ4n) is 1.80. The normalized spacial score (nSPS) is 12.2. The number of ether oxygens (including phenoxy) is 1. The fraction of sp³-hybridized carbons (Fsp3) is 0.200. The number of hydrogen-bond acceptors (Lipinski definition) is 2. The molecule has 0 saturated heterocycles. The molecule has 0 heterocycles. The molecule has 2 aromatic rings. The van der Waals surface area contributed by atoms with Crippen molar-refractivity contribution in [1.29, 1.82) is 0 Å². The minimum absolute atomic E-state index is 0.231. The molecule has 106 valence electrons. The predicted octanol–water partition coefficient (Wildman–Crippen LogP) is 4.84. The number of halogens is 3. The molecular formula is C15H14BrClFNO. The molecule has 2 nitrogen and oxygen atoms in total. The van der Waals surface area contributed by atoms with Crippen LogP contribution in [-0.4, -0.2) is 0 Å². The molecule has 0 bridgehead atoms. The van der Waals surface area contributed by atoms with Crippen molar-refractivity contribution >= 4 is 27.5 Å². The Morgan fingerprint density at radius 1 is 1.30 bits per heavy atom. The third-order valence-electron chi connectivity index (χ3n) is 2.86. The summed E-state index contributed by atoms with van der Waals surface area (Å²) in [6.45, 7) is 2.09. The second-order valence-corrected chi connectivity index (χ2v) is 5.82. The van der Waals surface area contributed by atoms with E-state index in [1.54, 1.807) is 12.1 Å². The van der Waals surface area contributed by atoms with Crippen LogP contribution in [0, 0.1) is 5.82 Å². The van der Waals surface area contributed by atoms with E-state index >= 15 is 0 Å². The molecule has 0 fully saturated rings. The van der Waals surface area contributed by atoms with Crippen LogP contribution < -0.4 is 10.5 Å². The van der Waals surface area contributed by atoms with E-state index in [0.717, 1.165) is 15.6 Å². The lowest BCUT2D eigenvalue weighted by atomic mass is 10.1. The van der Waals surface area contributed by atoms with Crippen LogP contribution in [0.25, 0.3) is 0 Å². The zero-order valence-corrected chi connectivity index (χ0v) is 13.2. The maximum absolute atomic E-state index is 13.3. The second kappa shape index (κ2) is 6.57. The maximum atomic E-state index is 13.3. The van der Waals surface area contributed by atoms with Gasteiger partial charge in [0.05, 0.1) is 0 Å². The maximum Gasteiger partial charge on any atom is 0.127 e. The minimum Gasteiger partial charge on any atom is -0.488 e. The Morgan fingerprint density at radius 2 is 2.05 bits per heavy atom. The summed E-state index contributed by atoms with van der Waals surface area (Å²) in [6.07, 6.45) is 0. The Morgan fingerprint density at radius 3 is 2.70 bits per heavy atom. The van der Waals surface area contributed by atoms with Gasteiger partial charge in [0.1, 0.15) is 18.2 Å². The van der Waals surface area contributed by atoms with E-state index in [1.165, 1.54) is 12.1 Å². The van der Waals surface area contributed by atoms with Gasteiger partial charge in [0.15, 0.2) is 0 Å². The second-order valence-electron chi connectivity index (χ2n) is 4.50. The molecule has 2 aromatic carbocycles. The van der Waals surface area contributed by atoms with Crippen molar-refractivity contribution in [3.8, 4) is 5.75 Å². The monoisotopic (exact) mass is 357 g/mol. The Kier molecular flexibility index (Phi) is 5.02. The fourth-order valence-corrected chi connectivity index (χ4v) is 2.53. The highest BCUT2D eigenvalue weighted by Gasteiger charge is 2.10. The van der Waals surface area contributed by atoms with E-state index in [2.05, 4.69) is 15.9 Å². The molecular weight excluding hydrogens is 345 g/mol. The Hall–Kier alpha value is -1.10. The third kappa shape index (κ3) is 3.72. The predicted molar refractivity (Wildman–Crippen MR) is 82.5 cm³/mol. The summed E-state index contributed by atoms with van der Waals surface area (Å²) < 4.78 is 19.9. The number of hydrogen-bond donors (Lipinski definition) is 1. The molecule has 1 atom stereocenters. The molecule has 0 aliphatic heterocycles. The van der Waals surface area contributed by atoms with Crippen molar-refractivity contribution in [3.63, 3.8) is 0 Å². The first-order valence-corrected chi connectivity index (χ1v) is 7.26. The zero-order valence-electron chi connectivity index (χ0n) is 10.9. The lowest BCUT2D eigenvalue weighted by Gasteiger charge is -2.14. The van der Waals surface area contributed by atoms with Crippen LogP contribution in [0.2, 0.25) is 5.02 Å². The molecule has 0 unspecified atom stereocenters. The van der Waals surface area contributed by atoms with Gasteiger partial charge >= 0.3 is 0 Å². The highest BCUT2D eigenvalue weighted by Crippen LogP contribution is 2.27. The minimum atomic E-state index is -0.355. The molecule has 0 aliphatic carbocycles. The number of benzene rings is 2. The van der Waals surface area contributed by atoms with Gasteiger partial charge in [-0.3, -0.25) is 0 Å². The summed E-state index contributed by atoms with van der Waals surface area (Å²) in [5.41, 5.74) is 7.44. The van der Waals surface area contributed by atoms with Gasteiger partial charge in [-0.2, -0.15) is 0 Å². The van der Waals surface area contributed by atoms with E-state index in [9.17, 15) is 4.39 Å². The molecule has 0 amide bonds. The summed E-state index contributed by atoms with van der Waals surface area (Å²) >= 11 is 9.46. The number of nitrogens with two attached hydrogens (primary N) is 1. The van der Waals surface area contributed by atoms with Crippen LogP contribution in [0.5, 0.6) is 5.75 Å². The molecule has 0 saturated carbocycles. The summed E-state index contributed by atoms with van der Waals surface area (Å²) in [5, 5.41) is 0.595. The van der Waals surface area contributed by atoms with Gasteiger partial charge in [0.25, 0.3) is 0 Å². The van der Waals surface area contributed by atoms with Gasteiger partial charge in [-0.25, -0.2) is 4.39 Å². The first-order chi connectivity index (χ1) is 9.47. The Labute approximate surface area is 130 Å².